The van der Waals surface area contributed by atoms with Crippen LogP contribution in [0, 0.1) is 24.1 Å². The van der Waals surface area contributed by atoms with Gasteiger partial charge in [0.25, 0.3) is 10.0 Å². The van der Waals surface area contributed by atoms with Crippen molar-refractivity contribution in [1.29, 1.82) is 5.26 Å². The summed E-state index contributed by atoms with van der Waals surface area (Å²) in [7, 11) is -4.13. The smallest absolute Gasteiger partial charge is 0.263 e. The van der Waals surface area contributed by atoms with Gasteiger partial charge < -0.3 is 5.32 Å². The zero-order chi connectivity index (χ0) is 19.8. The second-order valence-electron chi connectivity index (χ2n) is 5.62. The minimum Gasteiger partial charge on any atom is -0.324 e. The first-order valence-electron chi connectivity index (χ1n) is 7.56. The number of nitrogens with zero attached hydrogens (tertiary/aromatic N) is 4. The zero-order valence-corrected chi connectivity index (χ0v) is 15.0. The molecule has 0 aliphatic heterocycles. The number of rotatable bonds is 4. The van der Waals surface area contributed by atoms with Gasteiger partial charge in [-0.25, -0.2) is 17.8 Å². The number of fused-ring (bicyclic) bond motifs is 1. The molecule has 27 heavy (non-hydrogen) atoms. The summed E-state index contributed by atoms with van der Waals surface area (Å²) in [4.78, 5) is 15.1. The maximum Gasteiger partial charge on any atom is 0.263 e. The Balaban J connectivity index is 2.06. The van der Waals surface area contributed by atoms with Crippen LogP contribution in [0.5, 0.6) is 0 Å². The Bertz CT molecular complexity index is 1210. The molecule has 0 aliphatic rings. The van der Waals surface area contributed by atoms with E-state index in [0.29, 0.717) is 5.69 Å². The Morgan fingerprint density at radius 2 is 2.07 bits per heavy atom. The molecule has 3 aromatic rings. The van der Waals surface area contributed by atoms with Gasteiger partial charge in [-0.15, -0.1) is 0 Å². The monoisotopic (exact) mass is 388 g/mol. The van der Waals surface area contributed by atoms with Crippen molar-refractivity contribution >= 4 is 33.1 Å². The number of hydrogen-bond acceptors (Lipinski definition) is 6. The molecule has 0 bridgehead atoms. The number of benzene rings is 1. The van der Waals surface area contributed by atoms with E-state index in [1.165, 1.54) is 23.7 Å². The summed E-state index contributed by atoms with van der Waals surface area (Å²) in [5, 5.41) is 15.3. The fourth-order valence-corrected chi connectivity index (χ4v) is 3.45. The third-order valence-corrected chi connectivity index (χ3v) is 4.87. The average molecular weight is 388 g/mol. The van der Waals surface area contributed by atoms with Crippen molar-refractivity contribution in [3.63, 3.8) is 0 Å². The summed E-state index contributed by atoms with van der Waals surface area (Å²) in [6.45, 7) is 2.82. The van der Waals surface area contributed by atoms with Crippen LogP contribution in [0.1, 0.15) is 18.2 Å². The quantitative estimate of drug-likeness (QED) is 0.701. The average Bonchev–Trinajstić information content (AvgIpc) is 2.99. The van der Waals surface area contributed by atoms with Gasteiger partial charge in [-0.05, 0) is 25.1 Å². The number of aryl methyl sites for hydroxylation is 1. The molecule has 3 rings (SSSR count). The van der Waals surface area contributed by atoms with Crippen molar-refractivity contribution in [1.82, 2.24) is 14.6 Å². The van der Waals surface area contributed by atoms with E-state index in [-0.39, 0.29) is 27.6 Å². The van der Waals surface area contributed by atoms with Crippen molar-refractivity contribution in [3.8, 4) is 6.07 Å². The molecular formula is C16H13FN6O3S. The van der Waals surface area contributed by atoms with Gasteiger partial charge in [0.15, 0.2) is 5.65 Å². The molecule has 0 fully saturated rings. The second-order valence-corrected chi connectivity index (χ2v) is 7.30. The highest BCUT2D eigenvalue weighted by molar-refractivity contribution is 7.92. The van der Waals surface area contributed by atoms with Gasteiger partial charge in [-0.3, -0.25) is 9.52 Å². The molecule has 2 aromatic heterocycles. The summed E-state index contributed by atoms with van der Waals surface area (Å²) < 4.78 is 42.7. The molecule has 9 nitrogen and oxygen atoms in total. The van der Waals surface area contributed by atoms with Crippen molar-refractivity contribution in [2.75, 3.05) is 10.0 Å². The summed E-state index contributed by atoms with van der Waals surface area (Å²) in [5.74, 6) is -1.25. The maximum absolute atomic E-state index is 13.8. The number of aromatic nitrogens is 3. The van der Waals surface area contributed by atoms with E-state index in [0.717, 1.165) is 18.2 Å². The third kappa shape index (κ3) is 3.56. The fraction of sp³-hybridized carbons (Fsp3) is 0.125. The molecule has 0 saturated carbocycles. The highest BCUT2D eigenvalue weighted by Crippen LogP contribution is 2.23. The van der Waals surface area contributed by atoms with Crippen molar-refractivity contribution in [2.45, 2.75) is 18.7 Å². The number of anilines is 2. The molecule has 0 atom stereocenters. The number of nitrogens with one attached hydrogen (secondary N) is 2. The Kier molecular flexibility index (Phi) is 4.50. The van der Waals surface area contributed by atoms with Crippen LogP contribution in [0.3, 0.4) is 0 Å². The van der Waals surface area contributed by atoms with Gasteiger partial charge in [0.1, 0.15) is 23.3 Å². The molecule has 0 aliphatic carbocycles. The predicted octanol–water partition coefficient (Wildman–Crippen LogP) is 1.81. The van der Waals surface area contributed by atoms with E-state index >= 15 is 0 Å². The van der Waals surface area contributed by atoms with Gasteiger partial charge in [0.05, 0.1) is 16.8 Å². The molecule has 2 N–H and O–H groups in total. The van der Waals surface area contributed by atoms with E-state index in [9.17, 15) is 17.6 Å². The SMILES string of the molecule is CC(=O)Nc1cc(S(=O)(=O)Nc2cc(C)nc3c(C#N)cnn23)ccc1F. The molecule has 2 heterocycles. The highest BCUT2D eigenvalue weighted by Gasteiger charge is 2.20. The number of carbonyl (C=O) groups excluding carboxylic acids is 1. The topological polar surface area (TPSA) is 129 Å². The molecule has 11 heteroatoms. The van der Waals surface area contributed by atoms with Crippen LogP contribution in [0.2, 0.25) is 0 Å². The lowest BCUT2D eigenvalue weighted by Gasteiger charge is -2.12. The molecular weight excluding hydrogens is 375 g/mol. The fourth-order valence-electron chi connectivity index (χ4n) is 2.39. The van der Waals surface area contributed by atoms with Gasteiger partial charge in [0.2, 0.25) is 5.91 Å². The van der Waals surface area contributed by atoms with Crippen LogP contribution in [-0.2, 0) is 14.8 Å². The molecule has 0 radical (unpaired) electrons. The highest BCUT2D eigenvalue weighted by atomic mass is 32.2. The van der Waals surface area contributed by atoms with Gasteiger partial charge >= 0.3 is 0 Å². The Labute approximate surface area is 153 Å². The number of hydrogen-bond donors (Lipinski definition) is 2. The van der Waals surface area contributed by atoms with Crippen LogP contribution in [0.4, 0.5) is 15.9 Å². The molecule has 1 aromatic carbocycles. The lowest BCUT2D eigenvalue weighted by Crippen LogP contribution is -2.17. The number of nitriles is 1. The van der Waals surface area contributed by atoms with E-state index in [2.05, 4.69) is 20.1 Å². The van der Waals surface area contributed by atoms with Crippen LogP contribution in [-0.4, -0.2) is 28.9 Å². The van der Waals surface area contributed by atoms with Gasteiger partial charge in [0, 0.05) is 18.7 Å². The zero-order valence-electron chi connectivity index (χ0n) is 14.2. The van der Waals surface area contributed by atoms with Crippen molar-refractivity contribution in [2.24, 2.45) is 0 Å². The van der Waals surface area contributed by atoms with Crippen LogP contribution in [0.15, 0.2) is 35.4 Å². The largest absolute Gasteiger partial charge is 0.324 e. The molecule has 0 unspecified atom stereocenters. The van der Waals surface area contributed by atoms with Crippen molar-refractivity contribution < 1.29 is 17.6 Å². The number of sulfonamides is 1. The molecule has 0 saturated heterocycles. The summed E-state index contributed by atoms with van der Waals surface area (Å²) >= 11 is 0. The van der Waals surface area contributed by atoms with E-state index < -0.39 is 21.7 Å². The standard InChI is InChI=1S/C16H13FN6O3S/c1-9-5-15(23-16(20-9)11(7-18)8-19-23)22-27(25,26)12-3-4-13(17)14(6-12)21-10(2)24/h3-6,8,22H,1-2H3,(H,21,24). The minimum atomic E-state index is -4.13. The Morgan fingerprint density at radius 3 is 2.74 bits per heavy atom. The molecule has 138 valence electrons. The molecule has 1 amide bonds. The van der Waals surface area contributed by atoms with Gasteiger partial charge in [-0.1, -0.05) is 0 Å². The Morgan fingerprint density at radius 1 is 1.33 bits per heavy atom. The van der Waals surface area contributed by atoms with Crippen LogP contribution in [0.25, 0.3) is 5.65 Å². The molecule has 0 spiro atoms. The number of halogens is 1. The lowest BCUT2D eigenvalue weighted by molar-refractivity contribution is -0.114. The number of carbonyl (C=O) groups is 1. The van der Waals surface area contributed by atoms with Crippen LogP contribution < -0.4 is 10.0 Å². The summed E-state index contributed by atoms with van der Waals surface area (Å²) in [5.41, 5.74) is 0.602. The van der Waals surface area contributed by atoms with Crippen molar-refractivity contribution in [3.05, 3.63) is 47.5 Å². The van der Waals surface area contributed by atoms with Crippen LogP contribution >= 0.6 is 0 Å². The second kappa shape index (κ2) is 6.65. The maximum atomic E-state index is 13.8. The normalized spacial score (nSPS) is 11.2. The summed E-state index contributed by atoms with van der Waals surface area (Å²) in [6.07, 6.45) is 1.27. The first kappa shape index (κ1) is 18.3. The van der Waals surface area contributed by atoms with E-state index in [1.807, 2.05) is 6.07 Å². The van der Waals surface area contributed by atoms with Gasteiger partial charge in [-0.2, -0.15) is 14.9 Å². The Hall–Kier alpha value is -3.52. The van der Waals surface area contributed by atoms with E-state index in [1.54, 1.807) is 6.92 Å². The summed E-state index contributed by atoms with van der Waals surface area (Å²) in [6, 6.07) is 6.38. The third-order valence-electron chi connectivity index (χ3n) is 3.52. The first-order chi connectivity index (χ1) is 12.7. The predicted molar refractivity (Wildman–Crippen MR) is 94.0 cm³/mol. The van der Waals surface area contributed by atoms with E-state index in [4.69, 9.17) is 5.26 Å². The lowest BCUT2D eigenvalue weighted by atomic mass is 10.3. The minimum absolute atomic E-state index is 0.0596. The number of amides is 1. The first-order valence-corrected chi connectivity index (χ1v) is 9.05.